The van der Waals surface area contributed by atoms with Gasteiger partial charge in [-0.05, 0) is 30.6 Å². The van der Waals surface area contributed by atoms with Crippen LogP contribution in [0.1, 0.15) is 33.3 Å². The van der Waals surface area contributed by atoms with Crippen molar-refractivity contribution in [3.8, 4) is 0 Å². The lowest BCUT2D eigenvalue weighted by Crippen LogP contribution is -2.60. The Balaban J connectivity index is 2.00. The number of amides is 2. The molecule has 1 saturated heterocycles. The van der Waals surface area contributed by atoms with Crippen molar-refractivity contribution < 1.29 is 28.9 Å². The van der Waals surface area contributed by atoms with Gasteiger partial charge in [-0.3, -0.25) is 9.48 Å². The second-order valence-electron chi connectivity index (χ2n) is 9.17. The summed E-state index contributed by atoms with van der Waals surface area (Å²) < 4.78 is 11.2. The van der Waals surface area contributed by atoms with E-state index in [9.17, 15) is 14.7 Å². The fourth-order valence-corrected chi connectivity index (χ4v) is 3.45. The topological polar surface area (TPSA) is 88.5 Å². The molecule has 8 nitrogen and oxygen atoms in total. The first kappa shape index (κ1) is 24.2. The lowest BCUT2D eigenvalue weighted by atomic mass is 10.1. The standard InChI is InChI=1S/C21H34N2O6Si/c1-16(28-29-30(5,6)21(2,3)4)18-14-22(12-13-23(18)19(24)25)20(26)27-15-17-10-8-7-9-11-17/h7-11,16,18H,12-15H2,1-6H3,(H,24,25)/t16?,18-/m1/s1. The summed E-state index contributed by atoms with van der Waals surface area (Å²) in [5.74, 6) is 0. The van der Waals surface area contributed by atoms with Crippen molar-refractivity contribution in [2.45, 2.75) is 64.6 Å². The number of ether oxygens (including phenoxy) is 1. The van der Waals surface area contributed by atoms with Gasteiger partial charge in [-0.2, -0.15) is 0 Å². The highest BCUT2D eigenvalue weighted by molar-refractivity contribution is 6.73. The van der Waals surface area contributed by atoms with Crippen LogP contribution in [-0.2, 0) is 20.8 Å². The number of benzene rings is 1. The number of carbonyl (C=O) groups excluding carboxylic acids is 1. The van der Waals surface area contributed by atoms with Crippen LogP contribution in [-0.4, -0.2) is 67.2 Å². The van der Waals surface area contributed by atoms with E-state index in [1.165, 1.54) is 9.80 Å². The van der Waals surface area contributed by atoms with Crippen LogP contribution in [0.4, 0.5) is 9.59 Å². The van der Waals surface area contributed by atoms with Crippen molar-refractivity contribution in [3.63, 3.8) is 0 Å². The molecule has 1 N–H and O–H groups in total. The van der Waals surface area contributed by atoms with Gasteiger partial charge < -0.3 is 14.7 Å². The summed E-state index contributed by atoms with van der Waals surface area (Å²) in [6.07, 6.45) is -2.05. The Labute approximate surface area is 179 Å². The molecule has 9 heteroatoms. The Bertz CT molecular complexity index is 722. The molecule has 0 saturated carbocycles. The molecule has 1 fully saturated rings. The highest BCUT2D eigenvalue weighted by Crippen LogP contribution is 2.37. The highest BCUT2D eigenvalue weighted by Gasteiger charge is 2.42. The van der Waals surface area contributed by atoms with E-state index in [4.69, 9.17) is 14.2 Å². The fourth-order valence-electron chi connectivity index (χ4n) is 2.81. The average molecular weight is 439 g/mol. The quantitative estimate of drug-likeness (QED) is 0.404. The number of carboxylic acid groups (broad SMARTS) is 1. The van der Waals surface area contributed by atoms with E-state index in [1.54, 1.807) is 6.92 Å². The molecule has 30 heavy (non-hydrogen) atoms. The average Bonchev–Trinajstić information content (AvgIpc) is 2.69. The summed E-state index contributed by atoms with van der Waals surface area (Å²) in [5, 5.41) is 9.55. The second-order valence-corrected chi connectivity index (χ2v) is 13.9. The summed E-state index contributed by atoms with van der Waals surface area (Å²) in [4.78, 5) is 32.8. The van der Waals surface area contributed by atoms with Crippen LogP contribution in [0.2, 0.25) is 18.1 Å². The molecule has 1 aromatic carbocycles. The van der Waals surface area contributed by atoms with E-state index < -0.39 is 32.6 Å². The summed E-state index contributed by atoms with van der Waals surface area (Å²) in [6, 6.07) is 8.87. The number of piperazine rings is 1. The first-order chi connectivity index (χ1) is 13.9. The van der Waals surface area contributed by atoms with Crippen molar-refractivity contribution in [3.05, 3.63) is 35.9 Å². The minimum absolute atomic E-state index is 0.0426. The van der Waals surface area contributed by atoms with Crippen LogP contribution >= 0.6 is 0 Å². The van der Waals surface area contributed by atoms with Crippen LogP contribution in [0.3, 0.4) is 0 Å². The lowest BCUT2D eigenvalue weighted by molar-refractivity contribution is -0.267. The zero-order chi connectivity index (χ0) is 22.5. The van der Waals surface area contributed by atoms with E-state index in [0.29, 0.717) is 0 Å². The Morgan fingerprint density at radius 3 is 2.40 bits per heavy atom. The van der Waals surface area contributed by atoms with Gasteiger partial charge in [0.1, 0.15) is 12.7 Å². The first-order valence-corrected chi connectivity index (χ1v) is 13.1. The predicted molar refractivity (Wildman–Crippen MR) is 116 cm³/mol. The molecule has 1 heterocycles. The molecule has 2 atom stereocenters. The van der Waals surface area contributed by atoms with Gasteiger partial charge in [-0.1, -0.05) is 51.1 Å². The van der Waals surface area contributed by atoms with Gasteiger partial charge in [0, 0.05) is 19.6 Å². The molecule has 1 aliphatic rings. The number of carbonyl (C=O) groups is 2. The maximum atomic E-state index is 12.5. The van der Waals surface area contributed by atoms with Crippen LogP contribution in [0.5, 0.6) is 0 Å². The number of nitrogens with zero attached hydrogens (tertiary/aromatic N) is 2. The Morgan fingerprint density at radius 1 is 1.20 bits per heavy atom. The summed E-state index contributed by atoms with van der Waals surface area (Å²) in [6.45, 7) is 13.0. The fraction of sp³-hybridized carbons (Fsp3) is 0.619. The van der Waals surface area contributed by atoms with E-state index >= 15 is 0 Å². The Kier molecular flexibility index (Phi) is 7.90. The predicted octanol–water partition coefficient (Wildman–Crippen LogP) is 4.33. The molecule has 0 aromatic heterocycles. The molecule has 168 valence electrons. The molecule has 1 aromatic rings. The number of hydrogen-bond donors (Lipinski definition) is 1. The van der Waals surface area contributed by atoms with Gasteiger partial charge >= 0.3 is 12.2 Å². The molecule has 2 rings (SSSR count). The summed E-state index contributed by atoms with van der Waals surface area (Å²) in [7, 11) is -2.16. The highest BCUT2D eigenvalue weighted by atomic mass is 28.4. The van der Waals surface area contributed by atoms with E-state index in [1.807, 2.05) is 30.3 Å². The van der Waals surface area contributed by atoms with E-state index in [-0.39, 0.29) is 31.3 Å². The summed E-state index contributed by atoms with van der Waals surface area (Å²) in [5.41, 5.74) is 0.894. The SMILES string of the molecule is CC(OO[Si](C)(C)C(C)(C)C)[C@H]1CN(C(=O)OCc2ccccc2)CCN1C(=O)O. The van der Waals surface area contributed by atoms with E-state index in [2.05, 4.69) is 33.9 Å². The molecule has 0 radical (unpaired) electrons. The normalized spacial score (nSPS) is 18.8. The third kappa shape index (κ3) is 6.20. The van der Waals surface area contributed by atoms with Crippen molar-refractivity contribution in [1.82, 2.24) is 9.80 Å². The minimum Gasteiger partial charge on any atom is -0.465 e. The van der Waals surface area contributed by atoms with Crippen LogP contribution < -0.4 is 0 Å². The maximum Gasteiger partial charge on any atom is 0.410 e. The number of hydrogen-bond acceptors (Lipinski definition) is 5. The van der Waals surface area contributed by atoms with Crippen molar-refractivity contribution >= 4 is 20.5 Å². The van der Waals surface area contributed by atoms with Gasteiger partial charge in [0.2, 0.25) is 8.32 Å². The lowest BCUT2D eigenvalue weighted by Gasteiger charge is -2.42. The van der Waals surface area contributed by atoms with Crippen LogP contribution in [0.25, 0.3) is 0 Å². The molecule has 1 unspecified atom stereocenters. The molecular weight excluding hydrogens is 404 g/mol. The zero-order valence-electron chi connectivity index (χ0n) is 18.8. The van der Waals surface area contributed by atoms with Gasteiger partial charge in [-0.15, -0.1) is 0 Å². The molecule has 0 spiro atoms. The van der Waals surface area contributed by atoms with E-state index in [0.717, 1.165) is 5.56 Å². The number of rotatable bonds is 6. The zero-order valence-corrected chi connectivity index (χ0v) is 19.8. The molecule has 0 bridgehead atoms. The Morgan fingerprint density at radius 2 is 1.83 bits per heavy atom. The molecule has 2 amide bonds. The van der Waals surface area contributed by atoms with Crippen LogP contribution in [0.15, 0.2) is 30.3 Å². The largest absolute Gasteiger partial charge is 0.465 e. The van der Waals surface area contributed by atoms with Gasteiger partial charge in [0.15, 0.2) is 0 Å². The second kappa shape index (κ2) is 9.80. The van der Waals surface area contributed by atoms with Crippen molar-refractivity contribution in [2.24, 2.45) is 0 Å². The molecular formula is C21H34N2O6Si. The van der Waals surface area contributed by atoms with Crippen molar-refractivity contribution in [2.75, 3.05) is 19.6 Å². The summed E-state index contributed by atoms with van der Waals surface area (Å²) >= 11 is 0. The monoisotopic (exact) mass is 438 g/mol. The third-order valence-corrected chi connectivity index (χ3v) is 10.0. The minimum atomic E-state index is -2.16. The third-order valence-electron chi connectivity index (χ3n) is 5.88. The van der Waals surface area contributed by atoms with Crippen molar-refractivity contribution in [1.29, 1.82) is 0 Å². The van der Waals surface area contributed by atoms with Gasteiger partial charge in [0.25, 0.3) is 0 Å². The molecule has 1 aliphatic heterocycles. The van der Waals surface area contributed by atoms with Crippen LogP contribution in [0, 0.1) is 0 Å². The first-order valence-electron chi connectivity index (χ1n) is 10.2. The molecule has 0 aliphatic carbocycles. The van der Waals surface area contributed by atoms with Gasteiger partial charge in [0.05, 0.1) is 6.04 Å². The smallest absolute Gasteiger partial charge is 0.410 e. The maximum absolute atomic E-state index is 12.5. The van der Waals surface area contributed by atoms with Gasteiger partial charge in [-0.25, -0.2) is 14.5 Å². The Hall–Kier alpha value is -2.10.